The molecule has 3 heterocycles. The summed E-state index contributed by atoms with van der Waals surface area (Å²) in [6, 6.07) is 2.79. The third-order valence-corrected chi connectivity index (χ3v) is 4.50. The molecule has 0 radical (unpaired) electrons. The molecule has 2 aliphatic rings. The van der Waals surface area contributed by atoms with Crippen LogP contribution in [0.25, 0.3) is 0 Å². The first-order valence-electron chi connectivity index (χ1n) is 7.54. The van der Waals surface area contributed by atoms with E-state index in [2.05, 4.69) is 10.1 Å². The average Bonchev–Trinajstić information content (AvgIpc) is 3.11. The van der Waals surface area contributed by atoms with Crippen LogP contribution in [0.2, 0.25) is 0 Å². The molecule has 9 heteroatoms. The van der Waals surface area contributed by atoms with Crippen molar-refractivity contribution in [3.05, 3.63) is 41.7 Å². The number of ketones is 1. The quantitative estimate of drug-likeness (QED) is 0.857. The Morgan fingerprint density at radius 3 is 2.72 bits per heavy atom. The largest absolute Gasteiger partial charge is 0.416 e. The number of halogens is 3. The van der Waals surface area contributed by atoms with Crippen molar-refractivity contribution < 1.29 is 23.1 Å². The molecule has 0 spiro atoms. The predicted molar refractivity (Wildman–Crippen MR) is 83.0 cm³/mol. The fourth-order valence-electron chi connectivity index (χ4n) is 3.21. The number of rotatable bonds is 1. The van der Waals surface area contributed by atoms with Crippen molar-refractivity contribution in [2.24, 2.45) is 12.0 Å². The Hall–Kier alpha value is -2.68. The average molecular weight is 350 g/mol. The van der Waals surface area contributed by atoms with Crippen LogP contribution in [0.4, 0.5) is 24.5 Å². The number of fused-ring (bicyclic) bond motifs is 2. The highest BCUT2D eigenvalue weighted by molar-refractivity contribution is 6.28. The van der Waals surface area contributed by atoms with Crippen molar-refractivity contribution >= 4 is 23.0 Å². The Balaban J connectivity index is 1.84. The maximum Gasteiger partial charge on any atom is 0.416 e. The number of benzene rings is 1. The Kier molecular flexibility index (Phi) is 3.11. The van der Waals surface area contributed by atoms with Gasteiger partial charge < -0.3 is 10.0 Å². The Labute approximate surface area is 140 Å². The van der Waals surface area contributed by atoms with Crippen LogP contribution < -0.4 is 4.90 Å². The number of alkyl halides is 3. The zero-order chi connectivity index (χ0) is 18.0. The second-order valence-electron chi connectivity index (χ2n) is 6.13. The molecule has 1 fully saturated rings. The SMILES string of the molecule is Cn1cc(N2CC[C@@]3(O)C(=O)c4cc(C(F)(F)F)ccc4N=C23)cn1. The minimum absolute atomic E-state index is 0.0508. The molecule has 0 saturated carbocycles. The molecular formula is C16H13F3N4O2. The number of carbonyl (C=O) groups is 1. The highest BCUT2D eigenvalue weighted by Gasteiger charge is 2.53. The first kappa shape index (κ1) is 15.8. The molecule has 0 amide bonds. The van der Waals surface area contributed by atoms with Gasteiger partial charge in [-0.15, -0.1) is 0 Å². The van der Waals surface area contributed by atoms with Crippen LogP contribution in [-0.4, -0.2) is 38.7 Å². The Morgan fingerprint density at radius 1 is 1.32 bits per heavy atom. The summed E-state index contributed by atoms with van der Waals surface area (Å²) < 4.78 is 40.3. The number of carbonyl (C=O) groups excluding carboxylic acids is 1. The van der Waals surface area contributed by atoms with Gasteiger partial charge >= 0.3 is 6.18 Å². The molecule has 25 heavy (non-hydrogen) atoms. The van der Waals surface area contributed by atoms with E-state index in [1.807, 2.05) is 0 Å². The summed E-state index contributed by atoms with van der Waals surface area (Å²) >= 11 is 0. The fourth-order valence-corrected chi connectivity index (χ4v) is 3.21. The van der Waals surface area contributed by atoms with Gasteiger partial charge in [0.2, 0.25) is 5.78 Å². The smallest absolute Gasteiger partial charge is 0.374 e. The molecular weight excluding hydrogens is 337 g/mol. The van der Waals surface area contributed by atoms with Gasteiger partial charge in [0.25, 0.3) is 0 Å². The molecule has 1 saturated heterocycles. The number of aliphatic imine (C=N–C) groups is 1. The Bertz CT molecular complexity index is 918. The van der Waals surface area contributed by atoms with Crippen molar-refractivity contribution in [1.82, 2.24) is 9.78 Å². The number of amidine groups is 1. The maximum atomic E-state index is 12.9. The van der Waals surface area contributed by atoms with Crippen molar-refractivity contribution in [3.63, 3.8) is 0 Å². The van der Waals surface area contributed by atoms with Crippen LogP contribution in [-0.2, 0) is 13.2 Å². The van der Waals surface area contributed by atoms with E-state index in [9.17, 15) is 23.1 Å². The van der Waals surface area contributed by atoms with Crippen molar-refractivity contribution in [1.29, 1.82) is 0 Å². The van der Waals surface area contributed by atoms with Gasteiger partial charge in [0, 0.05) is 31.8 Å². The van der Waals surface area contributed by atoms with E-state index in [0.29, 0.717) is 12.2 Å². The van der Waals surface area contributed by atoms with Gasteiger partial charge in [0.05, 0.1) is 23.1 Å². The van der Waals surface area contributed by atoms with Gasteiger partial charge in [0.15, 0.2) is 5.60 Å². The molecule has 0 bridgehead atoms. The molecule has 1 N–H and O–H groups in total. The molecule has 0 unspecified atom stereocenters. The van der Waals surface area contributed by atoms with E-state index >= 15 is 0 Å². The molecule has 6 nitrogen and oxygen atoms in total. The zero-order valence-electron chi connectivity index (χ0n) is 13.1. The number of aryl methyl sites for hydroxylation is 1. The van der Waals surface area contributed by atoms with Crippen LogP contribution in [0.15, 0.2) is 35.6 Å². The lowest BCUT2D eigenvalue weighted by atomic mass is 9.87. The maximum absolute atomic E-state index is 12.9. The minimum atomic E-state index is -4.57. The molecule has 2 aromatic rings. The lowest BCUT2D eigenvalue weighted by molar-refractivity contribution is -0.137. The molecule has 1 aromatic heterocycles. The number of aliphatic hydroxyl groups is 1. The van der Waals surface area contributed by atoms with Gasteiger partial charge in [-0.1, -0.05) is 0 Å². The van der Waals surface area contributed by atoms with Crippen molar-refractivity contribution in [2.75, 3.05) is 11.4 Å². The lowest BCUT2D eigenvalue weighted by Gasteiger charge is -2.29. The van der Waals surface area contributed by atoms with Crippen LogP contribution in [0.1, 0.15) is 22.3 Å². The van der Waals surface area contributed by atoms with Gasteiger partial charge in [-0.3, -0.25) is 9.48 Å². The second-order valence-corrected chi connectivity index (χ2v) is 6.13. The Morgan fingerprint density at radius 2 is 2.08 bits per heavy atom. The summed E-state index contributed by atoms with van der Waals surface area (Å²) in [6.45, 7) is 0.312. The molecule has 1 aromatic carbocycles. The standard InChI is InChI=1S/C16H13F3N4O2/c1-22-8-10(7-20-22)23-5-4-15(25)13(24)11-6-9(16(17,18)19)2-3-12(11)21-14(15)23/h2-3,6-8,25H,4-5H2,1H3/t15-/m1/s1. The minimum Gasteiger partial charge on any atom is -0.374 e. The number of aromatic nitrogens is 2. The van der Waals surface area contributed by atoms with E-state index in [1.165, 1.54) is 0 Å². The van der Waals surface area contributed by atoms with E-state index in [-0.39, 0.29) is 23.5 Å². The molecule has 0 aliphatic carbocycles. The molecule has 130 valence electrons. The summed E-state index contributed by atoms with van der Waals surface area (Å²) in [4.78, 5) is 18.7. The van der Waals surface area contributed by atoms with Gasteiger partial charge in [-0.05, 0) is 18.2 Å². The molecule has 1 atom stereocenters. The number of anilines is 1. The summed E-state index contributed by atoms with van der Waals surface area (Å²) in [6.07, 6.45) is -1.24. The van der Waals surface area contributed by atoms with Gasteiger partial charge in [-0.2, -0.15) is 18.3 Å². The highest BCUT2D eigenvalue weighted by atomic mass is 19.4. The van der Waals surface area contributed by atoms with Crippen LogP contribution in [0.5, 0.6) is 0 Å². The highest BCUT2D eigenvalue weighted by Crippen LogP contribution is 2.41. The first-order valence-corrected chi connectivity index (χ1v) is 7.54. The predicted octanol–water partition coefficient (Wildman–Crippen LogP) is 2.31. The van der Waals surface area contributed by atoms with E-state index in [1.54, 1.807) is 29.0 Å². The number of hydrogen-bond acceptors (Lipinski definition) is 5. The number of Topliss-reactive ketones (excluding diaryl/α,β-unsaturated/α-hetero) is 1. The third-order valence-electron chi connectivity index (χ3n) is 4.50. The fraction of sp³-hybridized carbons (Fsp3) is 0.312. The summed E-state index contributed by atoms with van der Waals surface area (Å²) in [7, 11) is 1.73. The van der Waals surface area contributed by atoms with Gasteiger partial charge in [0.1, 0.15) is 5.84 Å². The number of hydrogen-bond donors (Lipinski definition) is 1. The monoisotopic (exact) mass is 350 g/mol. The topological polar surface area (TPSA) is 70.7 Å². The molecule has 4 rings (SSSR count). The van der Waals surface area contributed by atoms with E-state index < -0.39 is 23.1 Å². The normalized spacial score (nSPS) is 22.7. The summed E-state index contributed by atoms with van der Waals surface area (Å²) in [5.41, 5.74) is -2.31. The summed E-state index contributed by atoms with van der Waals surface area (Å²) in [5.74, 6) is -0.636. The first-order chi connectivity index (χ1) is 11.7. The second kappa shape index (κ2) is 4.92. The van der Waals surface area contributed by atoms with Crippen LogP contribution in [0, 0.1) is 0 Å². The van der Waals surface area contributed by atoms with Crippen molar-refractivity contribution in [2.45, 2.75) is 18.2 Å². The van der Waals surface area contributed by atoms with Gasteiger partial charge in [-0.25, -0.2) is 4.99 Å². The van der Waals surface area contributed by atoms with E-state index in [4.69, 9.17) is 0 Å². The molecule has 2 aliphatic heterocycles. The number of nitrogens with zero attached hydrogens (tertiary/aromatic N) is 4. The van der Waals surface area contributed by atoms with E-state index in [0.717, 1.165) is 18.2 Å². The third kappa shape index (κ3) is 2.26. The van der Waals surface area contributed by atoms with Crippen molar-refractivity contribution in [3.8, 4) is 0 Å². The summed E-state index contributed by atoms with van der Waals surface area (Å²) in [5, 5.41) is 14.9. The lowest BCUT2D eigenvalue weighted by Crippen LogP contribution is -2.48. The van der Waals surface area contributed by atoms with Crippen LogP contribution in [0.3, 0.4) is 0 Å². The zero-order valence-corrected chi connectivity index (χ0v) is 13.1. The van der Waals surface area contributed by atoms with Crippen LogP contribution >= 0.6 is 0 Å².